The molecule has 1 aliphatic carbocycles. The molecule has 1 heterocycles. The van der Waals surface area contributed by atoms with Gasteiger partial charge in [0.2, 0.25) is 0 Å². The summed E-state index contributed by atoms with van der Waals surface area (Å²) in [7, 11) is 0. The second-order valence-electron chi connectivity index (χ2n) is 4.94. The Morgan fingerprint density at radius 3 is 2.72 bits per heavy atom. The number of rotatable bonds is 1. The predicted molar refractivity (Wildman–Crippen MR) is 71.7 cm³/mol. The van der Waals surface area contributed by atoms with Crippen molar-refractivity contribution in [2.24, 2.45) is 0 Å². The second kappa shape index (κ2) is 4.41. The average molecular weight is 240 g/mol. The molecule has 0 bridgehead atoms. The van der Waals surface area contributed by atoms with Crippen LogP contribution in [-0.4, -0.2) is 10.2 Å². The third-order valence-corrected chi connectivity index (χ3v) is 3.59. The van der Waals surface area contributed by atoms with Crippen LogP contribution in [0.25, 0.3) is 11.3 Å². The van der Waals surface area contributed by atoms with Crippen molar-refractivity contribution in [1.29, 1.82) is 0 Å². The first-order valence-corrected chi connectivity index (χ1v) is 6.43. The summed E-state index contributed by atoms with van der Waals surface area (Å²) in [6, 6.07) is 8.28. The number of fused-ring (bicyclic) bond motifs is 1. The molecular weight excluding hydrogens is 224 g/mol. The third kappa shape index (κ3) is 1.86. The van der Waals surface area contributed by atoms with Crippen molar-refractivity contribution in [3.8, 4) is 11.3 Å². The van der Waals surface area contributed by atoms with E-state index in [2.05, 4.69) is 35.3 Å². The smallest absolute Gasteiger partial charge is 0.267 e. The molecule has 1 aromatic carbocycles. The van der Waals surface area contributed by atoms with Crippen LogP contribution >= 0.6 is 0 Å². The van der Waals surface area contributed by atoms with Crippen LogP contribution in [0.4, 0.5) is 0 Å². The minimum Gasteiger partial charge on any atom is -0.268 e. The molecular formula is C15H16N2O. The number of nitrogens with zero attached hydrogens (tertiary/aromatic N) is 1. The maximum Gasteiger partial charge on any atom is 0.267 e. The lowest BCUT2D eigenvalue weighted by molar-refractivity contribution is 0.669. The average Bonchev–Trinajstić information content (AvgIpc) is 2.39. The monoisotopic (exact) mass is 240 g/mol. The van der Waals surface area contributed by atoms with Crippen LogP contribution in [0.1, 0.15) is 29.5 Å². The Morgan fingerprint density at radius 2 is 1.94 bits per heavy atom. The first-order valence-electron chi connectivity index (χ1n) is 6.43. The molecule has 0 fully saturated rings. The minimum atomic E-state index is -0.0129. The fraction of sp³-hybridized carbons (Fsp3) is 0.333. The van der Waals surface area contributed by atoms with Gasteiger partial charge in [0.05, 0.1) is 5.69 Å². The highest BCUT2D eigenvalue weighted by Crippen LogP contribution is 2.27. The number of aryl methyl sites for hydroxylation is 1. The maximum absolute atomic E-state index is 11.8. The number of H-pyrrole nitrogens is 1. The Balaban J connectivity index is 2.21. The molecule has 0 radical (unpaired) electrons. The van der Waals surface area contributed by atoms with E-state index in [9.17, 15) is 4.79 Å². The van der Waals surface area contributed by atoms with Crippen molar-refractivity contribution >= 4 is 0 Å². The molecule has 0 unspecified atom stereocenters. The fourth-order valence-corrected chi connectivity index (χ4v) is 2.69. The van der Waals surface area contributed by atoms with Crippen molar-refractivity contribution in [3.05, 3.63) is 51.3 Å². The number of nitrogens with one attached hydrogen (secondary N) is 1. The first-order chi connectivity index (χ1) is 8.75. The van der Waals surface area contributed by atoms with E-state index in [1.54, 1.807) is 0 Å². The second-order valence-corrected chi connectivity index (χ2v) is 4.94. The Bertz CT molecular complexity index is 643. The molecule has 3 rings (SSSR count). The standard InChI is InChI=1S/C15H16N2O/c1-10-5-4-6-11(9-10)14-12-7-2-3-8-13(12)15(18)17-16-14/h4-6,9H,2-3,7-8H2,1H3,(H,17,18). The molecule has 92 valence electrons. The van der Waals surface area contributed by atoms with E-state index in [4.69, 9.17) is 0 Å². The van der Waals surface area contributed by atoms with Gasteiger partial charge in [-0.1, -0.05) is 23.8 Å². The van der Waals surface area contributed by atoms with Crippen LogP contribution in [0.3, 0.4) is 0 Å². The van der Waals surface area contributed by atoms with E-state index in [1.165, 1.54) is 5.56 Å². The summed E-state index contributed by atoms with van der Waals surface area (Å²) < 4.78 is 0. The predicted octanol–water partition coefficient (Wildman–Crippen LogP) is 2.62. The summed E-state index contributed by atoms with van der Waals surface area (Å²) in [4.78, 5) is 11.8. The molecule has 0 saturated heterocycles. The van der Waals surface area contributed by atoms with E-state index < -0.39 is 0 Å². The van der Waals surface area contributed by atoms with Crippen molar-refractivity contribution < 1.29 is 0 Å². The lowest BCUT2D eigenvalue weighted by atomic mass is 9.89. The van der Waals surface area contributed by atoms with Crippen molar-refractivity contribution in [1.82, 2.24) is 10.2 Å². The molecule has 1 aliphatic rings. The molecule has 1 aromatic heterocycles. The quantitative estimate of drug-likeness (QED) is 0.832. The SMILES string of the molecule is Cc1cccc(-c2n[nH]c(=O)c3c2CCCC3)c1. The molecule has 0 saturated carbocycles. The summed E-state index contributed by atoms with van der Waals surface area (Å²) in [6.45, 7) is 2.07. The summed E-state index contributed by atoms with van der Waals surface area (Å²) in [5.74, 6) is 0. The zero-order valence-corrected chi connectivity index (χ0v) is 10.5. The highest BCUT2D eigenvalue weighted by atomic mass is 16.1. The highest BCUT2D eigenvalue weighted by molar-refractivity contribution is 5.64. The van der Waals surface area contributed by atoms with Gasteiger partial charge in [-0.2, -0.15) is 5.10 Å². The molecule has 0 aliphatic heterocycles. The zero-order chi connectivity index (χ0) is 12.5. The lowest BCUT2D eigenvalue weighted by Crippen LogP contribution is -2.21. The number of benzene rings is 1. The van der Waals surface area contributed by atoms with Crippen LogP contribution in [0.5, 0.6) is 0 Å². The largest absolute Gasteiger partial charge is 0.268 e. The number of aromatic amines is 1. The van der Waals surface area contributed by atoms with Gasteiger partial charge in [-0.15, -0.1) is 0 Å². The van der Waals surface area contributed by atoms with E-state index in [1.807, 2.05) is 6.07 Å². The molecule has 0 amide bonds. The molecule has 0 atom stereocenters. The summed E-state index contributed by atoms with van der Waals surface area (Å²) in [5, 5.41) is 6.91. The first kappa shape index (κ1) is 11.2. The Morgan fingerprint density at radius 1 is 1.17 bits per heavy atom. The van der Waals surface area contributed by atoms with E-state index >= 15 is 0 Å². The van der Waals surface area contributed by atoms with Gasteiger partial charge in [-0.3, -0.25) is 4.79 Å². The molecule has 18 heavy (non-hydrogen) atoms. The molecule has 3 heteroatoms. The summed E-state index contributed by atoms with van der Waals surface area (Å²) >= 11 is 0. The molecule has 0 spiro atoms. The van der Waals surface area contributed by atoms with Gasteiger partial charge >= 0.3 is 0 Å². The number of hydrogen-bond donors (Lipinski definition) is 1. The summed E-state index contributed by atoms with van der Waals surface area (Å²) in [6.07, 6.45) is 4.10. The van der Waals surface area contributed by atoms with Gasteiger partial charge in [0.25, 0.3) is 5.56 Å². The van der Waals surface area contributed by atoms with Gasteiger partial charge in [0.15, 0.2) is 0 Å². The fourth-order valence-electron chi connectivity index (χ4n) is 2.69. The van der Waals surface area contributed by atoms with Crippen LogP contribution in [0, 0.1) is 6.92 Å². The summed E-state index contributed by atoms with van der Waals surface area (Å²) in [5.41, 5.74) is 5.34. The van der Waals surface area contributed by atoms with Crippen LogP contribution in [-0.2, 0) is 12.8 Å². The Hall–Kier alpha value is -1.90. The van der Waals surface area contributed by atoms with Crippen molar-refractivity contribution in [3.63, 3.8) is 0 Å². The normalized spacial score (nSPS) is 14.3. The van der Waals surface area contributed by atoms with Gasteiger partial charge in [-0.25, -0.2) is 5.10 Å². The van der Waals surface area contributed by atoms with E-state index in [-0.39, 0.29) is 5.56 Å². The van der Waals surface area contributed by atoms with Crippen LogP contribution in [0.15, 0.2) is 29.1 Å². The zero-order valence-electron chi connectivity index (χ0n) is 10.5. The van der Waals surface area contributed by atoms with Crippen LogP contribution < -0.4 is 5.56 Å². The van der Waals surface area contributed by atoms with E-state index in [0.717, 1.165) is 48.1 Å². The Kier molecular flexibility index (Phi) is 2.74. The van der Waals surface area contributed by atoms with Crippen LogP contribution in [0.2, 0.25) is 0 Å². The van der Waals surface area contributed by atoms with Gasteiger partial charge < -0.3 is 0 Å². The third-order valence-electron chi connectivity index (χ3n) is 3.59. The van der Waals surface area contributed by atoms with Gasteiger partial charge in [0, 0.05) is 11.1 Å². The van der Waals surface area contributed by atoms with Gasteiger partial charge in [0.1, 0.15) is 0 Å². The molecule has 1 N–H and O–H groups in total. The molecule has 3 nitrogen and oxygen atoms in total. The topological polar surface area (TPSA) is 45.8 Å². The maximum atomic E-state index is 11.8. The van der Waals surface area contributed by atoms with Gasteiger partial charge in [-0.05, 0) is 44.2 Å². The minimum absolute atomic E-state index is 0.0129. The lowest BCUT2D eigenvalue weighted by Gasteiger charge is -2.17. The highest BCUT2D eigenvalue weighted by Gasteiger charge is 2.18. The van der Waals surface area contributed by atoms with Crippen molar-refractivity contribution in [2.75, 3.05) is 0 Å². The molecule has 2 aromatic rings. The van der Waals surface area contributed by atoms with Crippen molar-refractivity contribution in [2.45, 2.75) is 32.6 Å². The van der Waals surface area contributed by atoms with E-state index in [0.29, 0.717) is 0 Å². The number of aromatic nitrogens is 2. The number of hydrogen-bond acceptors (Lipinski definition) is 2. The Labute approximate surface area is 106 Å².